The molecule has 1 aliphatic rings. The highest BCUT2D eigenvalue weighted by Gasteiger charge is 2.38. The molecule has 3 rings (SSSR count). The molecule has 1 fully saturated rings. The highest BCUT2D eigenvalue weighted by Crippen LogP contribution is 2.32. The molecule has 2 aromatic carbocycles. The lowest BCUT2D eigenvalue weighted by atomic mass is 10.1. The highest BCUT2D eigenvalue weighted by atomic mass is 32.2. The van der Waals surface area contributed by atoms with Gasteiger partial charge < -0.3 is 5.32 Å². The van der Waals surface area contributed by atoms with Gasteiger partial charge in [0.25, 0.3) is 0 Å². The van der Waals surface area contributed by atoms with E-state index in [-0.39, 0.29) is 18.2 Å². The normalized spacial score (nSPS) is 17.8. The topological polar surface area (TPSA) is 61.8 Å². The van der Waals surface area contributed by atoms with Crippen molar-refractivity contribution in [2.45, 2.75) is 25.5 Å². The molecule has 0 aliphatic carbocycles. The molecule has 1 N–H and O–H groups in total. The minimum Gasteiger partial charge on any atom is -0.326 e. The predicted octanol–water partition coefficient (Wildman–Crippen LogP) is 4.45. The van der Waals surface area contributed by atoms with Gasteiger partial charge in [0, 0.05) is 18.7 Å². The molecule has 1 aliphatic heterocycles. The SMILES string of the molecule is C=CCN1C(=O)[C@@H](CC(=O)Nc2cc(C)ccc2C)SC1=Nc1ccccc1. The number of amidine groups is 1. The van der Waals surface area contributed by atoms with Crippen molar-refractivity contribution in [2.75, 3.05) is 11.9 Å². The van der Waals surface area contributed by atoms with E-state index in [0.29, 0.717) is 11.7 Å². The lowest BCUT2D eigenvalue weighted by molar-refractivity contribution is -0.127. The maximum atomic E-state index is 12.8. The average molecular weight is 394 g/mol. The summed E-state index contributed by atoms with van der Waals surface area (Å²) in [6.07, 6.45) is 1.76. The van der Waals surface area contributed by atoms with E-state index in [1.807, 2.05) is 62.4 Å². The molecule has 2 amide bonds. The lowest BCUT2D eigenvalue weighted by Crippen LogP contribution is -2.33. The molecule has 0 radical (unpaired) electrons. The van der Waals surface area contributed by atoms with Gasteiger partial charge in [-0.3, -0.25) is 14.5 Å². The summed E-state index contributed by atoms with van der Waals surface area (Å²) in [5.74, 6) is -0.297. The Kier molecular flexibility index (Phi) is 6.31. The summed E-state index contributed by atoms with van der Waals surface area (Å²) < 4.78 is 0. The quantitative estimate of drug-likeness (QED) is 0.738. The van der Waals surface area contributed by atoms with Crippen LogP contribution in [0.2, 0.25) is 0 Å². The minimum atomic E-state index is -0.493. The zero-order valence-electron chi connectivity index (χ0n) is 16.0. The van der Waals surface area contributed by atoms with E-state index in [4.69, 9.17) is 0 Å². The van der Waals surface area contributed by atoms with Gasteiger partial charge in [-0.1, -0.05) is 48.2 Å². The van der Waals surface area contributed by atoms with Crippen molar-refractivity contribution >= 4 is 40.1 Å². The number of rotatable bonds is 6. The fourth-order valence-electron chi connectivity index (χ4n) is 2.88. The Morgan fingerprint density at radius 2 is 2.00 bits per heavy atom. The number of benzene rings is 2. The summed E-state index contributed by atoms with van der Waals surface area (Å²) in [5, 5.41) is 3.03. The summed E-state index contributed by atoms with van der Waals surface area (Å²) in [5.41, 5.74) is 3.61. The van der Waals surface area contributed by atoms with E-state index in [0.717, 1.165) is 22.5 Å². The summed E-state index contributed by atoms with van der Waals surface area (Å²) in [6, 6.07) is 15.4. The van der Waals surface area contributed by atoms with Crippen LogP contribution >= 0.6 is 11.8 Å². The molecule has 0 spiro atoms. The van der Waals surface area contributed by atoms with Crippen LogP contribution in [0.1, 0.15) is 17.5 Å². The Morgan fingerprint density at radius 3 is 2.71 bits per heavy atom. The van der Waals surface area contributed by atoms with Crippen molar-refractivity contribution in [1.82, 2.24) is 4.90 Å². The van der Waals surface area contributed by atoms with Gasteiger partial charge in [-0.15, -0.1) is 6.58 Å². The second-order valence-electron chi connectivity index (χ2n) is 6.64. The van der Waals surface area contributed by atoms with Gasteiger partial charge in [-0.25, -0.2) is 4.99 Å². The van der Waals surface area contributed by atoms with Crippen LogP contribution in [-0.2, 0) is 9.59 Å². The van der Waals surface area contributed by atoms with Crippen LogP contribution in [0.3, 0.4) is 0 Å². The van der Waals surface area contributed by atoms with Crippen LogP contribution in [0.5, 0.6) is 0 Å². The number of para-hydroxylation sites is 1. The standard InChI is InChI=1S/C22H23N3O2S/c1-4-12-25-21(27)19(28-22(25)23-17-8-6-5-7-9-17)14-20(26)24-18-13-15(2)10-11-16(18)3/h4-11,13,19H,1,12,14H2,2-3H3,(H,24,26)/t19-/m1/s1. The Hall–Kier alpha value is -2.86. The monoisotopic (exact) mass is 393 g/mol. The van der Waals surface area contributed by atoms with Crippen molar-refractivity contribution in [3.8, 4) is 0 Å². The van der Waals surface area contributed by atoms with E-state index in [1.165, 1.54) is 11.8 Å². The van der Waals surface area contributed by atoms with Gasteiger partial charge in [0.2, 0.25) is 11.8 Å². The fourth-order valence-corrected chi connectivity index (χ4v) is 4.04. The molecule has 1 saturated heterocycles. The fraction of sp³-hybridized carbons (Fsp3) is 0.227. The maximum Gasteiger partial charge on any atom is 0.242 e. The molecule has 0 saturated carbocycles. The first kappa shape index (κ1) is 19.9. The molecule has 2 aromatic rings. The first-order valence-corrected chi connectivity index (χ1v) is 9.95. The second kappa shape index (κ2) is 8.89. The third-order valence-electron chi connectivity index (χ3n) is 4.35. The van der Waals surface area contributed by atoms with Crippen molar-refractivity contribution in [3.63, 3.8) is 0 Å². The van der Waals surface area contributed by atoms with Crippen molar-refractivity contribution in [2.24, 2.45) is 4.99 Å². The number of amides is 2. The van der Waals surface area contributed by atoms with Crippen LogP contribution in [0, 0.1) is 13.8 Å². The van der Waals surface area contributed by atoms with Crippen LogP contribution < -0.4 is 5.32 Å². The number of thioether (sulfide) groups is 1. The molecule has 0 aromatic heterocycles. The number of carbonyl (C=O) groups is 2. The molecule has 0 bridgehead atoms. The first-order chi connectivity index (χ1) is 13.5. The number of nitrogens with one attached hydrogen (secondary N) is 1. The Bertz CT molecular complexity index is 925. The number of hydrogen-bond donors (Lipinski definition) is 1. The molecule has 5 nitrogen and oxygen atoms in total. The average Bonchev–Trinajstić information content (AvgIpc) is 2.94. The van der Waals surface area contributed by atoms with E-state index >= 15 is 0 Å². The largest absolute Gasteiger partial charge is 0.326 e. The lowest BCUT2D eigenvalue weighted by Gasteiger charge is -2.14. The molecule has 1 atom stereocenters. The molecular formula is C22H23N3O2S. The zero-order chi connectivity index (χ0) is 20.1. The van der Waals surface area contributed by atoms with Gasteiger partial charge in [-0.2, -0.15) is 0 Å². The number of aliphatic imine (C=N–C) groups is 1. The number of hydrogen-bond acceptors (Lipinski definition) is 4. The summed E-state index contributed by atoms with van der Waals surface area (Å²) in [4.78, 5) is 31.5. The number of aryl methyl sites for hydroxylation is 2. The number of anilines is 1. The van der Waals surface area contributed by atoms with Crippen LogP contribution in [0.25, 0.3) is 0 Å². The minimum absolute atomic E-state index is 0.0956. The van der Waals surface area contributed by atoms with Gasteiger partial charge in [0.05, 0.1) is 5.69 Å². The predicted molar refractivity (Wildman–Crippen MR) is 116 cm³/mol. The van der Waals surface area contributed by atoms with Crippen LogP contribution in [0.15, 0.2) is 66.2 Å². The molecule has 1 heterocycles. The summed E-state index contributed by atoms with van der Waals surface area (Å²) >= 11 is 1.33. The summed E-state index contributed by atoms with van der Waals surface area (Å²) in [6.45, 7) is 8.01. The zero-order valence-corrected chi connectivity index (χ0v) is 16.8. The second-order valence-corrected chi connectivity index (χ2v) is 7.81. The Morgan fingerprint density at radius 1 is 1.25 bits per heavy atom. The Labute approximate surface area is 169 Å². The molecular weight excluding hydrogens is 370 g/mol. The highest BCUT2D eigenvalue weighted by molar-refractivity contribution is 8.15. The van der Waals surface area contributed by atoms with Gasteiger partial charge in [0.15, 0.2) is 5.17 Å². The van der Waals surface area contributed by atoms with Gasteiger partial charge in [0.1, 0.15) is 5.25 Å². The third-order valence-corrected chi connectivity index (χ3v) is 5.53. The van der Waals surface area contributed by atoms with Gasteiger partial charge in [-0.05, 0) is 43.2 Å². The third kappa shape index (κ3) is 4.70. The van der Waals surface area contributed by atoms with Crippen LogP contribution in [0.4, 0.5) is 11.4 Å². The van der Waals surface area contributed by atoms with Crippen LogP contribution in [-0.4, -0.2) is 33.7 Å². The molecule has 28 heavy (non-hydrogen) atoms. The molecule has 0 unspecified atom stereocenters. The smallest absolute Gasteiger partial charge is 0.242 e. The van der Waals surface area contributed by atoms with E-state index < -0.39 is 5.25 Å². The van der Waals surface area contributed by atoms with E-state index in [9.17, 15) is 9.59 Å². The number of carbonyl (C=O) groups excluding carboxylic acids is 2. The van der Waals surface area contributed by atoms with Crippen molar-refractivity contribution in [3.05, 3.63) is 72.3 Å². The molecule has 144 valence electrons. The van der Waals surface area contributed by atoms with Crippen molar-refractivity contribution in [1.29, 1.82) is 0 Å². The van der Waals surface area contributed by atoms with E-state index in [1.54, 1.807) is 11.0 Å². The Balaban J connectivity index is 1.74. The van der Waals surface area contributed by atoms with Gasteiger partial charge >= 0.3 is 0 Å². The van der Waals surface area contributed by atoms with Crippen molar-refractivity contribution < 1.29 is 9.59 Å². The summed E-state index contributed by atoms with van der Waals surface area (Å²) in [7, 11) is 0. The molecule has 6 heteroatoms. The van der Waals surface area contributed by atoms with E-state index in [2.05, 4.69) is 16.9 Å². The number of nitrogens with zero attached hydrogens (tertiary/aromatic N) is 2. The maximum absolute atomic E-state index is 12.8. The first-order valence-electron chi connectivity index (χ1n) is 9.07.